The lowest BCUT2D eigenvalue weighted by Crippen LogP contribution is -2.29. The van der Waals surface area contributed by atoms with Crippen LogP contribution in [0, 0.1) is 5.92 Å². The molecule has 0 aliphatic carbocycles. The van der Waals surface area contributed by atoms with Crippen LogP contribution in [0.25, 0.3) is 0 Å². The maximum absolute atomic E-state index is 12.3. The fourth-order valence-corrected chi connectivity index (χ4v) is 3.83. The second-order valence-corrected chi connectivity index (χ2v) is 6.63. The molecule has 19 heavy (non-hydrogen) atoms. The molecule has 0 bridgehead atoms. The van der Waals surface area contributed by atoms with E-state index in [1.165, 1.54) is 13.2 Å². The Balaban J connectivity index is 2.17. The van der Waals surface area contributed by atoms with Gasteiger partial charge in [-0.25, -0.2) is 8.42 Å². The second-order valence-electron chi connectivity index (χ2n) is 4.62. The van der Waals surface area contributed by atoms with Gasteiger partial charge in [-0.1, -0.05) is 12.1 Å². The molecule has 1 fully saturated rings. The van der Waals surface area contributed by atoms with Gasteiger partial charge in [-0.05, 0) is 18.6 Å². The summed E-state index contributed by atoms with van der Waals surface area (Å²) >= 11 is 0. The van der Waals surface area contributed by atoms with Crippen LogP contribution >= 0.6 is 0 Å². The Kier molecular flexibility index (Phi) is 4.44. The van der Waals surface area contributed by atoms with Crippen LogP contribution in [0.3, 0.4) is 0 Å². The summed E-state index contributed by atoms with van der Waals surface area (Å²) < 4.78 is 34.8. The summed E-state index contributed by atoms with van der Waals surface area (Å²) in [5.74, 6) is -0.108. The summed E-state index contributed by atoms with van der Waals surface area (Å²) in [4.78, 5) is 0.121. The first-order chi connectivity index (χ1) is 9.04. The molecule has 2 unspecified atom stereocenters. The van der Waals surface area contributed by atoms with Gasteiger partial charge in [0.15, 0.2) is 9.84 Å². The van der Waals surface area contributed by atoms with Crippen molar-refractivity contribution in [3.63, 3.8) is 0 Å². The normalized spacial score (nSPS) is 21.3. The van der Waals surface area contributed by atoms with E-state index in [-0.39, 0.29) is 16.6 Å². The Morgan fingerprint density at radius 1 is 1.47 bits per heavy atom. The van der Waals surface area contributed by atoms with Crippen molar-refractivity contribution in [2.75, 3.05) is 26.1 Å². The molecule has 2 atom stereocenters. The molecular weight excluding hydrogens is 268 g/mol. The van der Waals surface area contributed by atoms with E-state index in [0.717, 1.165) is 0 Å². The van der Waals surface area contributed by atoms with Crippen LogP contribution in [0.1, 0.15) is 6.42 Å². The summed E-state index contributed by atoms with van der Waals surface area (Å²) in [7, 11) is -2.14. The number of benzene rings is 1. The molecule has 2 rings (SSSR count). The summed E-state index contributed by atoms with van der Waals surface area (Å²) in [5.41, 5.74) is 0. The number of aliphatic hydroxyl groups is 1. The lowest BCUT2D eigenvalue weighted by molar-refractivity contribution is 0.107. The van der Waals surface area contributed by atoms with Gasteiger partial charge in [-0.15, -0.1) is 0 Å². The summed E-state index contributed by atoms with van der Waals surface area (Å²) in [6.45, 7) is 0.999. The lowest BCUT2D eigenvalue weighted by Gasteiger charge is -2.17. The number of rotatable bonds is 5. The Bertz CT molecular complexity index is 520. The fraction of sp³-hybridized carbons (Fsp3) is 0.538. The zero-order valence-electron chi connectivity index (χ0n) is 10.8. The average molecular weight is 286 g/mol. The number of ether oxygens (including phenoxy) is 2. The molecule has 1 N–H and O–H groups in total. The maximum Gasteiger partial charge on any atom is 0.184 e. The molecule has 0 spiro atoms. The van der Waals surface area contributed by atoms with Crippen molar-refractivity contribution in [2.45, 2.75) is 17.4 Å². The SMILES string of the molecule is COc1ccccc1S(=O)(=O)CC(O)C1CCOC1. The minimum absolute atomic E-state index is 0.107. The number of aliphatic hydroxyl groups excluding tert-OH is 1. The highest BCUT2D eigenvalue weighted by Gasteiger charge is 2.30. The average Bonchev–Trinajstić information content (AvgIpc) is 2.92. The van der Waals surface area contributed by atoms with Gasteiger partial charge in [-0.2, -0.15) is 0 Å². The van der Waals surface area contributed by atoms with Gasteiger partial charge >= 0.3 is 0 Å². The standard InChI is InChI=1S/C13H18O5S/c1-17-12-4-2-3-5-13(12)19(15,16)9-11(14)10-6-7-18-8-10/h2-5,10-11,14H,6-9H2,1H3. The Labute approximate surface area is 113 Å². The van der Waals surface area contributed by atoms with Crippen molar-refractivity contribution in [3.8, 4) is 5.75 Å². The minimum atomic E-state index is -3.57. The zero-order valence-corrected chi connectivity index (χ0v) is 11.6. The first-order valence-electron chi connectivity index (χ1n) is 6.16. The fourth-order valence-electron chi connectivity index (χ4n) is 2.18. The van der Waals surface area contributed by atoms with Crippen LogP contribution < -0.4 is 4.74 Å². The highest BCUT2D eigenvalue weighted by molar-refractivity contribution is 7.91. The molecule has 1 heterocycles. The van der Waals surface area contributed by atoms with Gasteiger partial charge < -0.3 is 14.6 Å². The van der Waals surface area contributed by atoms with E-state index in [1.807, 2.05) is 0 Å². The quantitative estimate of drug-likeness (QED) is 0.869. The largest absolute Gasteiger partial charge is 0.495 e. The molecule has 0 saturated carbocycles. The van der Waals surface area contributed by atoms with Crippen molar-refractivity contribution in [2.24, 2.45) is 5.92 Å². The van der Waals surface area contributed by atoms with Crippen LogP contribution in [0.15, 0.2) is 29.2 Å². The highest BCUT2D eigenvalue weighted by Crippen LogP contribution is 2.26. The van der Waals surface area contributed by atoms with Crippen molar-refractivity contribution < 1.29 is 23.0 Å². The zero-order chi connectivity index (χ0) is 13.9. The molecule has 1 aromatic rings. The molecule has 6 heteroatoms. The molecule has 1 aliphatic heterocycles. The van der Waals surface area contributed by atoms with Gasteiger partial charge in [0.1, 0.15) is 10.6 Å². The maximum atomic E-state index is 12.3. The monoisotopic (exact) mass is 286 g/mol. The van der Waals surface area contributed by atoms with E-state index in [1.54, 1.807) is 18.2 Å². The van der Waals surface area contributed by atoms with Gasteiger partial charge in [0.2, 0.25) is 0 Å². The van der Waals surface area contributed by atoms with Crippen molar-refractivity contribution in [1.29, 1.82) is 0 Å². The summed E-state index contributed by atoms with van der Waals surface area (Å²) in [5, 5.41) is 10.0. The third kappa shape index (κ3) is 3.26. The number of para-hydroxylation sites is 1. The first-order valence-corrected chi connectivity index (χ1v) is 7.81. The first kappa shape index (κ1) is 14.3. The van der Waals surface area contributed by atoms with Gasteiger partial charge in [0.05, 0.1) is 25.6 Å². The molecule has 5 nitrogen and oxygen atoms in total. The Morgan fingerprint density at radius 2 is 2.21 bits per heavy atom. The van der Waals surface area contributed by atoms with Crippen LogP contribution in [-0.2, 0) is 14.6 Å². The van der Waals surface area contributed by atoms with E-state index in [0.29, 0.717) is 25.4 Å². The number of methoxy groups -OCH3 is 1. The van der Waals surface area contributed by atoms with Crippen molar-refractivity contribution in [1.82, 2.24) is 0 Å². The Hall–Kier alpha value is -1.11. The van der Waals surface area contributed by atoms with Crippen LogP contribution in [0.2, 0.25) is 0 Å². The van der Waals surface area contributed by atoms with E-state index in [9.17, 15) is 13.5 Å². The van der Waals surface area contributed by atoms with E-state index in [4.69, 9.17) is 9.47 Å². The van der Waals surface area contributed by atoms with Crippen LogP contribution in [-0.4, -0.2) is 45.7 Å². The topological polar surface area (TPSA) is 72.8 Å². The molecule has 1 saturated heterocycles. The van der Waals surface area contributed by atoms with Crippen LogP contribution in [0.4, 0.5) is 0 Å². The van der Waals surface area contributed by atoms with E-state index >= 15 is 0 Å². The summed E-state index contributed by atoms with van der Waals surface area (Å²) in [6.07, 6.45) is -0.208. The molecule has 106 valence electrons. The molecule has 1 aliphatic rings. The molecule has 0 amide bonds. The molecule has 0 aromatic heterocycles. The third-order valence-corrected chi connectivity index (χ3v) is 5.09. The number of sulfone groups is 1. The smallest absolute Gasteiger partial charge is 0.184 e. The molecule has 1 aromatic carbocycles. The number of hydrogen-bond donors (Lipinski definition) is 1. The lowest BCUT2D eigenvalue weighted by atomic mass is 10.0. The second kappa shape index (κ2) is 5.90. The predicted octanol–water partition coefficient (Wildman–Crippen LogP) is 0.866. The predicted molar refractivity (Wildman–Crippen MR) is 70.0 cm³/mol. The third-order valence-electron chi connectivity index (χ3n) is 3.30. The summed E-state index contributed by atoms with van der Waals surface area (Å²) in [6, 6.07) is 6.43. The molecule has 0 radical (unpaired) electrons. The van der Waals surface area contributed by atoms with Crippen molar-refractivity contribution in [3.05, 3.63) is 24.3 Å². The van der Waals surface area contributed by atoms with Crippen LogP contribution in [0.5, 0.6) is 5.75 Å². The minimum Gasteiger partial charge on any atom is -0.495 e. The Morgan fingerprint density at radius 3 is 2.84 bits per heavy atom. The molecular formula is C13H18O5S. The van der Waals surface area contributed by atoms with Crippen molar-refractivity contribution >= 4 is 9.84 Å². The van der Waals surface area contributed by atoms with Gasteiger partial charge in [-0.3, -0.25) is 0 Å². The highest BCUT2D eigenvalue weighted by atomic mass is 32.2. The van der Waals surface area contributed by atoms with Gasteiger partial charge in [0.25, 0.3) is 0 Å². The van der Waals surface area contributed by atoms with Gasteiger partial charge in [0, 0.05) is 12.5 Å². The van der Waals surface area contributed by atoms with E-state index < -0.39 is 15.9 Å². The van der Waals surface area contributed by atoms with E-state index in [2.05, 4.69) is 0 Å². The number of hydrogen-bond acceptors (Lipinski definition) is 5.